The normalized spacial score (nSPS) is 13.2. The van der Waals surface area contributed by atoms with Crippen molar-refractivity contribution in [3.63, 3.8) is 0 Å². The summed E-state index contributed by atoms with van der Waals surface area (Å²) < 4.78 is 5.40. The van der Waals surface area contributed by atoms with Crippen LogP contribution in [0.2, 0.25) is 0 Å². The fourth-order valence-electron chi connectivity index (χ4n) is 3.92. The van der Waals surface area contributed by atoms with Crippen molar-refractivity contribution in [3.05, 3.63) is 34.9 Å². The molecule has 0 aromatic heterocycles. The van der Waals surface area contributed by atoms with E-state index in [1.807, 2.05) is 0 Å². The smallest absolute Gasteiger partial charge is 0.315 e. The maximum atomic E-state index is 12.1. The van der Waals surface area contributed by atoms with Crippen LogP contribution in [0, 0.1) is 0 Å². The molecule has 0 aliphatic heterocycles. The summed E-state index contributed by atoms with van der Waals surface area (Å²) in [6.45, 7) is 16.1. The lowest BCUT2D eigenvalue weighted by Crippen LogP contribution is -2.17. The molecular formula is C30H52O3S. The lowest BCUT2D eigenvalue weighted by Gasteiger charge is -2.26. The topological polar surface area (TPSA) is 46.5 Å². The number of ether oxygens (including phenoxy) is 1. The number of unbranched alkanes of at least 4 members (excludes halogenated alkanes) is 6. The number of benzene rings is 1. The van der Waals surface area contributed by atoms with Crippen LogP contribution >= 0.6 is 11.8 Å². The molecule has 1 atom stereocenters. The molecule has 1 aromatic carbocycles. The van der Waals surface area contributed by atoms with Gasteiger partial charge in [0.15, 0.2) is 0 Å². The van der Waals surface area contributed by atoms with Crippen molar-refractivity contribution in [1.82, 2.24) is 0 Å². The van der Waals surface area contributed by atoms with Crippen LogP contribution in [0.25, 0.3) is 0 Å². The van der Waals surface area contributed by atoms with Crippen molar-refractivity contribution < 1.29 is 14.6 Å². The summed E-state index contributed by atoms with van der Waals surface area (Å²) in [6.07, 6.45) is 10.9. The number of hydrogen-bond acceptors (Lipinski definition) is 4. The second kappa shape index (κ2) is 15.9. The minimum Gasteiger partial charge on any atom is -0.465 e. The van der Waals surface area contributed by atoms with Crippen molar-refractivity contribution in [2.45, 2.75) is 135 Å². The van der Waals surface area contributed by atoms with Gasteiger partial charge < -0.3 is 9.84 Å². The van der Waals surface area contributed by atoms with E-state index in [2.05, 4.69) is 66.7 Å². The van der Waals surface area contributed by atoms with Gasteiger partial charge in [-0.15, -0.1) is 11.8 Å². The van der Waals surface area contributed by atoms with E-state index in [9.17, 15) is 9.90 Å². The monoisotopic (exact) mass is 492 g/mol. The van der Waals surface area contributed by atoms with Gasteiger partial charge in [-0.25, -0.2) is 0 Å². The van der Waals surface area contributed by atoms with Crippen LogP contribution < -0.4 is 0 Å². The number of aliphatic hydroxyl groups is 1. The second-order valence-electron chi connectivity index (χ2n) is 11.8. The van der Waals surface area contributed by atoms with Gasteiger partial charge in [0.25, 0.3) is 0 Å². The third-order valence-corrected chi connectivity index (χ3v) is 7.28. The van der Waals surface area contributed by atoms with Gasteiger partial charge in [0.1, 0.15) is 0 Å². The third-order valence-electron chi connectivity index (χ3n) is 6.30. The highest BCUT2D eigenvalue weighted by Crippen LogP contribution is 2.31. The van der Waals surface area contributed by atoms with Crippen LogP contribution in [0.1, 0.15) is 129 Å². The molecule has 1 unspecified atom stereocenters. The van der Waals surface area contributed by atoms with E-state index in [4.69, 9.17) is 4.74 Å². The molecule has 1 rings (SSSR count). The number of esters is 1. The molecule has 0 aliphatic carbocycles. The van der Waals surface area contributed by atoms with E-state index in [0.29, 0.717) is 18.8 Å². The first kappa shape index (κ1) is 31.0. The van der Waals surface area contributed by atoms with E-state index in [-0.39, 0.29) is 22.9 Å². The Morgan fingerprint density at radius 3 is 1.94 bits per heavy atom. The number of carbonyl (C=O) groups is 1. The molecular weight excluding hydrogens is 440 g/mol. The lowest BCUT2D eigenvalue weighted by molar-refractivity contribution is -0.140. The van der Waals surface area contributed by atoms with Gasteiger partial charge in [-0.2, -0.15) is 0 Å². The number of rotatable bonds is 16. The van der Waals surface area contributed by atoms with Crippen LogP contribution in [0.3, 0.4) is 0 Å². The van der Waals surface area contributed by atoms with Crippen LogP contribution in [-0.2, 0) is 26.1 Å². The Labute approximate surface area is 214 Å². The van der Waals surface area contributed by atoms with Crippen molar-refractivity contribution in [2.75, 3.05) is 12.4 Å². The molecule has 3 nitrogen and oxygen atoms in total. The van der Waals surface area contributed by atoms with E-state index >= 15 is 0 Å². The quantitative estimate of drug-likeness (QED) is 0.186. The van der Waals surface area contributed by atoms with Crippen LogP contribution in [0.5, 0.6) is 0 Å². The average molecular weight is 493 g/mol. The van der Waals surface area contributed by atoms with Gasteiger partial charge in [0.2, 0.25) is 0 Å². The van der Waals surface area contributed by atoms with Gasteiger partial charge in [0, 0.05) is 5.75 Å². The predicted octanol–water partition coefficient (Wildman–Crippen LogP) is 8.34. The van der Waals surface area contributed by atoms with Gasteiger partial charge >= 0.3 is 5.97 Å². The molecule has 0 bridgehead atoms. The van der Waals surface area contributed by atoms with E-state index < -0.39 is 0 Å². The standard InChI is InChI=1S/C30H52O3S/c1-8-9-10-11-12-13-14-16-27(31)17-15-18-33-28(32)23-34-22-24-19-25(29(2,3)4)21-26(20-24)30(5,6)7/h19-21,27,31H,8-18,22-23H2,1-7H3. The van der Waals surface area contributed by atoms with Crippen molar-refractivity contribution in [2.24, 2.45) is 0 Å². The Kier molecular flexibility index (Phi) is 14.5. The molecule has 1 aromatic rings. The zero-order chi connectivity index (χ0) is 25.6. The molecule has 0 heterocycles. The van der Waals surface area contributed by atoms with Gasteiger partial charge in [0.05, 0.1) is 18.5 Å². The number of thioether (sulfide) groups is 1. The van der Waals surface area contributed by atoms with Gasteiger partial charge in [-0.05, 0) is 46.8 Å². The Morgan fingerprint density at radius 2 is 1.38 bits per heavy atom. The van der Waals surface area contributed by atoms with Crippen molar-refractivity contribution >= 4 is 17.7 Å². The molecule has 0 fully saturated rings. The Balaban J connectivity index is 2.27. The van der Waals surface area contributed by atoms with Crippen LogP contribution in [-0.4, -0.2) is 29.5 Å². The summed E-state index contributed by atoms with van der Waals surface area (Å²) in [7, 11) is 0. The van der Waals surface area contributed by atoms with Crippen molar-refractivity contribution in [3.8, 4) is 0 Å². The molecule has 0 spiro atoms. The SMILES string of the molecule is CCCCCCCCCC(O)CCCOC(=O)CSCc1cc(C(C)(C)C)cc(C(C)(C)C)c1. The predicted molar refractivity (Wildman–Crippen MR) is 149 cm³/mol. The maximum absolute atomic E-state index is 12.1. The first-order valence-electron chi connectivity index (χ1n) is 13.5. The zero-order valence-electron chi connectivity index (χ0n) is 23.2. The first-order valence-corrected chi connectivity index (χ1v) is 14.6. The molecule has 0 radical (unpaired) electrons. The largest absolute Gasteiger partial charge is 0.465 e. The van der Waals surface area contributed by atoms with Gasteiger partial charge in [-0.1, -0.05) is 112 Å². The highest BCUT2D eigenvalue weighted by atomic mass is 32.2. The van der Waals surface area contributed by atoms with Crippen LogP contribution in [0.4, 0.5) is 0 Å². The molecule has 0 aliphatic rings. The maximum Gasteiger partial charge on any atom is 0.315 e. The summed E-state index contributed by atoms with van der Waals surface area (Å²) in [5.74, 6) is 1.01. The molecule has 4 heteroatoms. The molecule has 0 saturated heterocycles. The van der Waals surface area contributed by atoms with Crippen LogP contribution in [0.15, 0.2) is 18.2 Å². The third kappa shape index (κ3) is 13.8. The Hall–Kier alpha value is -1.00. The fraction of sp³-hybridized carbons (Fsp3) is 0.767. The number of hydrogen-bond donors (Lipinski definition) is 1. The lowest BCUT2D eigenvalue weighted by atomic mass is 9.80. The molecule has 0 saturated carbocycles. The second-order valence-corrected chi connectivity index (χ2v) is 12.8. The fourth-order valence-corrected chi connectivity index (χ4v) is 4.68. The molecule has 196 valence electrons. The van der Waals surface area contributed by atoms with E-state index in [1.54, 1.807) is 11.8 Å². The van der Waals surface area contributed by atoms with Gasteiger partial charge in [-0.3, -0.25) is 4.79 Å². The minimum absolute atomic E-state index is 0.0960. The average Bonchev–Trinajstić information content (AvgIpc) is 2.74. The van der Waals surface area contributed by atoms with E-state index in [0.717, 1.165) is 25.0 Å². The Morgan fingerprint density at radius 1 is 0.853 bits per heavy atom. The summed E-state index contributed by atoms with van der Waals surface area (Å²) in [5.41, 5.74) is 4.14. The molecule has 34 heavy (non-hydrogen) atoms. The molecule has 1 N–H and O–H groups in total. The highest BCUT2D eigenvalue weighted by molar-refractivity contribution is 7.99. The van der Waals surface area contributed by atoms with Crippen molar-refractivity contribution in [1.29, 1.82) is 0 Å². The summed E-state index contributed by atoms with van der Waals surface area (Å²) in [5, 5.41) is 10.1. The Bertz CT molecular complexity index is 668. The van der Waals surface area contributed by atoms with E-state index in [1.165, 1.54) is 55.2 Å². The summed E-state index contributed by atoms with van der Waals surface area (Å²) in [4.78, 5) is 12.1. The summed E-state index contributed by atoms with van der Waals surface area (Å²) in [6, 6.07) is 6.88. The summed E-state index contributed by atoms with van der Waals surface area (Å²) >= 11 is 1.61. The zero-order valence-corrected chi connectivity index (χ0v) is 24.0. The number of aliphatic hydroxyl groups excluding tert-OH is 1. The minimum atomic E-state index is -0.268. The first-order chi connectivity index (χ1) is 15.9. The molecule has 0 amide bonds. The highest BCUT2D eigenvalue weighted by Gasteiger charge is 2.20. The number of carbonyl (C=O) groups excluding carboxylic acids is 1.